The Morgan fingerprint density at radius 2 is 1.07 bits per heavy atom. The molecule has 5 rings (SSSR count). The van der Waals surface area contributed by atoms with Crippen LogP contribution in [0.3, 0.4) is 0 Å². The second kappa shape index (κ2) is 7.35. The van der Waals surface area contributed by atoms with E-state index >= 15 is 0 Å². The van der Waals surface area contributed by atoms with Crippen LogP contribution in [0.1, 0.15) is 16.7 Å². The molecule has 0 aromatic heterocycles. The normalized spacial score (nSPS) is 11.2. The molecule has 146 valence electrons. The van der Waals surface area contributed by atoms with E-state index in [2.05, 4.69) is 123 Å². The minimum Gasteiger partial charge on any atom is -0.309 e. The SMILES string of the molecule is Cc1ccc(N(c2ccc(C)c(C)c2)c2c3ccccc3cc3ccccc23)cc1. The van der Waals surface area contributed by atoms with Crippen LogP contribution in [0.5, 0.6) is 0 Å². The lowest BCUT2D eigenvalue weighted by Gasteiger charge is -2.29. The van der Waals surface area contributed by atoms with E-state index in [1.54, 1.807) is 0 Å². The van der Waals surface area contributed by atoms with Crippen LogP contribution >= 0.6 is 0 Å². The molecule has 1 nitrogen and oxygen atoms in total. The van der Waals surface area contributed by atoms with E-state index in [-0.39, 0.29) is 0 Å². The summed E-state index contributed by atoms with van der Waals surface area (Å²) >= 11 is 0. The molecule has 0 bridgehead atoms. The summed E-state index contributed by atoms with van der Waals surface area (Å²) in [6.07, 6.45) is 0. The first-order valence-electron chi connectivity index (χ1n) is 10.5. The van der Waals surface area contributed by atoms with Gasteiger partial charge >= 0.3 is 0 Å². The van der Waals surface area contributed by atoms with Gasteiger partial charge in [-0.15, -0.1) is 0 Å². The zero-order chi connectivity index (χ0) is 20.7. The van der Waals surface area contributed by atoms with Crippen molar-refractivity contribution in [3.63, 3.8) is 0 Å². The van der Waals surface area contributed by atoms with E-state index < -0.39 is 0 Å². The molecule has 0 aliphatic carbocycles. The molecule has 0 fully saturated rings. The van der Waals surface area contributed by atoms with Crippen molar-refractivity contribution in [2.45, 2.75) is 20.8 Å². The van der Waals surface area contributed by atoms with Gasteiger partial charge in [-0.1, -0.05) is 72.3 Å². The van der Waals surface area contributed by atoms with Crippen molar-refractivity contribution in [2.75, 3.05) is 4.90 Å². The summed E-state index contributed by atoms with van der Waals surface area (Å²) in [6, 6.07) is 35.3. The topological polar surface area (TPSA) is 3.24 Å². The third-order valence-electron chi connectivity index (χ3n) is 6.01. The quantitative estimate of drug-likeness (QED) is 0.281. The van der Waals surface area contributed by atoms with Gasteiger partial charge in [0.15, 0.2) is 0 Å². The fraction of sp³-hybridized carbons (Fsp3) is 0.103. The molecule has 1 heteroatoms. The largest absolute Gasteiger partial charge is 0.309 e. The molecule has 0 unspecified atom stereocenters. The Morgan fingerprint density at radius 3 is 1.67 bits per heavy atom. The Morgan fingerprint density at radius 1 is 0.500 bits per heavy atom. The van der Waals surface area contributed by atoms with Gasteiger partial charge in [-0.2, -0.15) is 0 Å². The minimum absolute atomic E-state index is 1.17. The minimum atomic E-state index is 1.17. The Labute approximate surface area is 178 Å². The molecule has 0 spiro atoms. The molecule has 0 heterocycles. The fourth-order valence-corrected chi connectivity index (χ4v) is 4.20. The molecule has 5 aromatic rings. The van der Waals surface area contributed by atoms with E-state index in [0.29, 0.717) is 0 Å². The lowest BCUT2D eigenvalue weighted by Crippen LogP contribution is -2.11. The van der Waals surface area contributed by atoms with Gasteiger partial charge in [0.2, 0.25) is 0 Å². The maximum Gasteiger partial charge on any atom is 0.0618 e. The standard InChI is InChI=1S/C29H25N/c1-20-12-15-25(16-13-20)30(26-17-14-21(2)22(3)18-26)29-27-10-6-4-8-23(27)19-24-9-5-7-11-28(24)29/h4-19H,1-3H3. The van der Waals surface area contributed by atoms with Crippen LogP contribution in [0, 0.1) is 20.8 Å². The zero-order valence-electron chi connectivity index (χ0n) is 17.7. The van der Waals surface area contributed by atoms with E-state index in [1.807, 2.05) is 0 Å². The van der Waals surface area contributed by atoms with E-state index in [1.165, 1.54) is 55.3 Å². The van der Waals surface area contributed by atoms with Gasteiger partial charge in [0.25, 0.3) is 0 Å². The van der Waals surface area contributed by atoms with Gasteiger partial charge in [0.05, 0.1) is 5.69 Å². The lowest BCUT2D eigenvalue weighted by molar-refractivity contribution is 1.26. The first kappa shape index (κ1) is 18.4. The fourth-order valence-electron chi connectivity index (χ4n) is 4.20. The van der Waals surface area contributed by atoms with Crippen molar-refractivity contribution in [2.24, 2.45) is 0 Å². The van der Waals surface area contributed by atoms with E-state index in [0.717, 1.165) is 0 Å². The molecule has 30 heavy (non-hydrogen) atoms. The number of nitrogens with zero attached hydrogens (tertiary/aromatic N) is 1. The highest BCUT2D eigenvalue weighted by Gasteiger charge is 2.18. The van der Waals surface area contributed by atoms with Crippen LogP contribution < -0.4 is 4.90 Å². The molecule has 0 saturated heterocycles. The Hall–Kier alpha value is -3.58. The third kappa shape index (κ3) is 3.13. The molecule has 5 aromatic carbocycles. The number of anilines is 3. The van der Waals surface area contributed by atoms with Crippen LogP contribution in [0.25, 0.3) is 21.5 Å². The molecule has 0 saturated carbocycles. The lowest BCUT2D eigenvalue weighted by atomic mass is 9.98. The first-order chi connectivity index (χ1) is 14.6. The number of rotatable bonds is 3. The summed E-state index contributed by atoms with van der Waals surface area (Å²) in [5, 5.41) is 5.03. The van der Waals surface area contributed by atoms with Crippen molar-refractivity contribution in [3.05, 3.63) is 114 Å². The maximum absolute atomic E-state index is 2.41. The van der Waals surface area contributed by atoms with Gasteiger partial charge in [-0.25, -0.2) is 0 Å². The van der Waals surface area contributed by atoms with Gasteiger partial charge in [-0.05, 0) is 73.0 Å². The van der Waals surface area contributed by atoms with Crippen LogP contribution in [0.15, 0.2) is 97.1 Å². The summed E-state index contributed by atoms with van der Waals surface area (Å²) in [7, 11) is 0. The highest BCUT2D eigenvalue weighted by atomic mass is 15.1. The molecule has 0 radical (unpaired) electrons. The highest BCUT2D eigenvalue weighted by molar-refractivity contribution is 6.14. The number of benzene rings is 5. The molecule has 0 N–H and O–H groups in total. The molecule has 0 amide bonds. The van der Waals surface area contributed by atoms with Crippen LogP contribution in [0.4, 0.5) is 17.1 Å². The van der Waals surface area contributed by atoms with Crippen molar-refractivity contribution in [1.29, 1.82) is 0 Å². The Kier molecular flexibility index (Phi) is 4.52. The molecule has 0 aliphatic rings. The number of fused-ring (bicyclic) bond motifs is 2. The van der Waals surface area contributed by atoms with Crippen molar-refractivity contribution < 1.29 is 0 Å². The summed E-state index contributed by atoms with van der Waals surface area (Å²) in [6.45, 7) is 6.49. The number of aryl methyl sites for hydroxylation is 3. The van der Waals surface area contributed by atoms with E-state index in [4.69, 9.17) is 0 Å². The number of hydrogen-bond acceptors (Lipinski definition) is 1. The molecule has 0 aliphatic heterocycles. The monoisotopic (exact) mass is 387 g/mol. The average molecular weight is 388 g/mol. The summed E-state index contributed by atoms with van der Waals surface area (Å²) in [5.74, 6) is 0. The summed E-state index contributed by atoms with van der Waals surface area (Å²) in [4.78, 5) is 2.41. The summed E-state index contributed by atoms with van der Waals surface area (Å²) in [5.41, 5.74) is 7.46. The van der Waals surface area contributed by atoms with Crippen molar-refractivity contribution in [1.82, 2.24) is 0 Å². The highest BCUT2D eigenvalue weighted by Crippen LogP contribution is 2.43. The summed E-state index contributed by atoms with van der Waals surface area (Å²) < 4.78 is 0. The molecular weight excluding hydrogens is 362 g/mol. The van der Waals surface area contributed by atoms with Gasteiger partial charge in [0.1, 0.15) is 0 Å². The molecular formula is C29H25N. The Balaban J connectivity index is 1.90. The third-order valence-corrected chi connectivity index (χ3v) is 6.01. The number of hydrogen-bond donors (Lipinski definition) is 0. The van der Waals surface area contributed by atoms with Crippen LogP contribution in [-0.4, -0.2) is 0 Å². The van der Waals surface area contributed by atoms with E-state index in [9.17, 15) is 0 Å². The van der Waals surface area contributed by atoms with Crippen molar-refractivity contribution in [3.8, 4) is 0 Å². The van der Waals surface area contributed by atoms with Gasteiger partial charge in [0, 0.05) is 22.1 Å². The predicted molar refractivity (Wildman–Crippen MR) is 130 cm³/mol. The van der Waals surface area contributed by atoms with Crippen LogP contribution in [-0.2, 0) is 0 Å². The molecule has 0 atom stereocenters. The van der Waals surface area contributed by atoms with Gasteiger partial charge < -0.3 is 4.90 Å². The average Bonchev–Trinajstić information content (AvgIpc) is 2.77. The zero-order valence-corrected chi connectivity index (χ0v) is 17.7. The second-order valence-corrected chi connectivity index (χ2v) is 8.11. The first-order valence-corrected chi connectivity index (χ1v) is 10.5. The Bertz CT molecular complexity index is 1310. The van der Waals surface area contributed by atoms with Crippen molar-refractivity contribution >= 4 is 38.6 Å². The second-order valence-electron chi connectivity index (χ2n) is 8.11. The maximum atomic E-state index is 2.41. The van der Waals surface area contributed by atoms with Gasteiger partial charge in [-0.3, -0.25) is 0 Å². The predicted octanol–water partition coefficient (Wildman–Crippen LogP) is 8.39. The van der Waals surface area contributed by atoms with Crippen LogP contribution in [0.2, 0.25) is 0 Å². The smallest absolute Gasteiger partial charge is 0.0618 e.